The molecule has 0 fully saturated rings. The number of nitrogens with zero attached hydrogens (tertiary/aromatic N) is 3. The quantitative estimate of drug-likeness (QED) is 0.746. The summed E-state index contributed by atoms with van der Waals surface area (Å²) in [5.41, 5.74) is 10.8. The van der Waals surface area contributed by atoms with E-state index >= 15 is 0 Å². The third-order valence-electron chi connectivity index (χ3n) is 5.79. The molecule has 1 unspecified atom stereocenters. The Bertz CT molecular complexity index is 1070. The van der Waals surface area contributed by atoms with E-state index in [2.05, 4.69) is 82.8 Å². The third-order valence-corrected chi connectivity index (χ3v) is 5.79. The molecule has 0 amide bonds. The van der Waals surface area contributed by atoms with Crippen LogP contribution in [0.25, 0.3) is 16.5 Å². The number of para-hydroxylation sites is 1. The predicted octanol–water partition coefficient (Wildman–Crippen LogP) is 4.39. The van der Waals surface area contributed by atoms with Gasteiger partial charge in [-0.15, -0.1) is 0 Å². The van der Waals surface area contributed by atoms with E-state index < -0.39 is 0 Å². The monoisotopic (exact) mass is 368 g/mol. The standard InChI is InChI=1S/C24H24N4/c25-16-21-11-14-28(24-8-4-3-7-22(21)24)27-13-12-23(26-17-27)20-10-9-18-5-1-2-6-19(18)15-20/h1-10,12,15,17,21H,11,13-14,16,25H2. The summed E-state index contributed by atoms with van der Waals surface area (Å²) in [7, 11) is 0. The molecule has 0 bridgehead atoms. The van der Waals surface area contributed by atoms with E-state index in [1.165, 1.54) is 22.0 Å². The van der Waals surface area contributed by atoms with Crippen LogP contribution in [0.3, 0.4) is 0 Å². The summed E-state index contributed by atoms with van der Waals surface area (Å²) in [6, 6.07) is 23.6. The number of hydrogen-bond acceptors (Lipinski definition) is 4. The van der Waals surface area contributed by atoms with Gasteiger partial charge in [-0.25, -0.2) is 4.99 Å². The van der Waals surface area contributed by atoms with Crippen LogP contribution in [0, 0.1) is 0 Å². The van der Waals surface area contributed by atoms with Crippen LogP contribution in [0.2, 0.25) is 0 Å². The van der Waals surface area contributed by atoms with Crippen LogP contribution < -0.4 is 10.7 Å². The maximum absolute atomic E-state index is 6.00. The second kappa shape index (κ2) is 7.13. The van der Waals surface area contributed by atoms with E-state index in [1.54, 1.807) is 0 Å². The van der Waals surface area contributed by atoms with Gasteiger partial charge in [-0.1, -0.05) is 54.6 Å². The molecule has 3 aromatic rings. The summed E-state index contributed by atoms with van der Waals surface area (Å²) >= 11 is 0. The first-order valence-corrected chi connectivity index (χ1v) is 9.90. The van der Waals surface area contributed by atoms with Gasteiger partial charge in [0.15, 0.2) is 0 Å². The Hall–Kier alpha value is -3.11. The van der Waals surface area contributed by atoms with Gasteiger partial charge in [0.2, 0.25) is 0 Å². The molecule has 3 aromatic carbocycles. The van der Waals surface area contributed by atoms with Crippen molar-refractivity contribution in [1.82, 2.24) is 5.01 Å². The van der Waals surface area contributed by atoms with Gasteiger partial charge in [-0.05, 0) is 53.4 Å². The second-order valence-corrected chi connectivity index (χ2v) is 7.42. The van der Waals surface area contributed by atoms with E-state index in [0.29, 0.717) is 12.5 Å². The number of nitrogens with two attached hydrogens (primary N) is 1. The van der Waals surface area contributed by atoms with Crippen molar-refractivity contribution < 1.29 is 0 Å². The fourth-order valence-corrected chi connectivity index (χ4v) is 4.24. The van der Waals surface area contributed by atoms with Gasteiger partial charge in [0.05, 0.1) is 17.9 Å². The molecule has 2 aliphatic heterocycles. The highest BCUT2D eigenvalue weighted by atomic mass is 15.6. The van der Waals surface area contributed by atoms with E-state index in [1.807, 2.05) is 6.34 Å². The van der Waals surface area contributed by atoms with Crippen LogP contribution in [-0.2, 0) is 0 Å². The number of hydrazine groups is 1. The number of aliphatic imine (C=N–C) groups is 1. The molecule has 0 saturated carbocycles. The zero-order chi connectivity index (χ0) is 18.9. The van der Waals surface area contributed by atoms with Gasteiger partial charge in [0.1, 0.15) is 6.34 Å². The first-order chi connectivity index (χ1) is 13.8. The highest BCUT2D eigenvalue weighted by Gasteiger charge is 2.27. The lowest BCUT2D eigenvalue weighted by atomic mass is 9.91. The molecule has 0 spiro atoms. The Morgan fingerprint density at radius 2 is 1.79 bits per heavy atom. The van der Waals surface area contributed by atoms with Gasteiger partial charge in [-0.2, -0.15) is 0 Å². The molecular weight excluding hydrogens is 344 g/mol. The van der Waals surface area contributed by atoms with Gasteiger partial charge in [-0.3, -0.25) is 10.0 Å². The first-order valence-electron chi connectivity index (χ1n) is 9.90. The number of rotatable bonds is 3. The van der Waals surface area contributed by atoms with Crippen molar-refractivity contribution in [3.05, 3.63) is 83.9 Å². The lowest BCUT2D eigenvalue weighted by molar-refractivity contribution is 0.396. The Labute approximate surface area is 165 Å². The van der Waals surface area contributed by atoms with Gasteiger partial charge in [0, 0.05) is 12.1 Å². The number of anilines is 1. The van der Waals surface area contributed by atoms with E-state index in [-0.39, 0.29) is 0 Å². The normalized spacial score (nSPS) is 18.9. The molecule has 0 saturated heterocycles. The lowest BCUT2D eigenvalue weighted by Gasteiger charge is -2.41. The molecule has 2 aliphatic rings. The molecule has 2 heterocycles. The molecule has 4 nitrogen and oxygen atoms in total. The molecule has 2 N–H and O–H groups in total. The number of benzene rings is 3. The molecule has 0 radical (unpaired) electrons. The summed E-state index contributed by atoms with van der Waals surface area (Å²) in [6.07, 6.45) is 5.24. The Morgan fingerprint density at radius 3 is 2.61 bits per heavy atom. The molecule has 140 valence electrons. The van der Waals surface area contributed by atoms with Gasteiger partial charge < -0.3 is 5.73 Å². The van der Waals surface area contributed by atoms with Crippen LogP contribution in [0.15, 0.2) is 77.8 Å². The summed E-state index contributed by atoms with van der Waals surface area (Å²) in [5.74, 6) is 0.442. The van der Waals surface area contributed by atoms with Crippen molar-refractivity contribution in [2.75, 3.05) is 24.6 Å². The zero-order valence-electron chi connectivity index (χ0n) is 15.8. The average Bonchev–Trinajstić information content (AvgIpc) is 2.78. The minimum absolute atomic E-state index is 0.442. The Kier molecular flexibility index (Phi) is 4.34. The van der Waals surface area contributed by atoms with Crippen LogP contribution in [0.1, 0.15) is 23.5 Å². The maximum Gasteiger partial charge on any atom is 0.110 e. The van der Waals surface area contributed by atoms with Crippen molar-refractivity contribution in [1.29, 1.82) is 0 Å². The van der Waals surface area contributed by atoms with Crippen molar-refractivity contribution in [3.63, 3.8) is 0 Å². The number of hydrogen-bond donors (Lipinski definition) is 1. The molecule has 0 aromatic heterocycles. The Morgan fingerprint density at radius 1 is 0.964 bits per heavy atom. The van der Waals surface area contributed by atoms with E-state index in [9.17, 15) is 0 Å². The Balaban J connectivity index is 1.39. The minimum atomic E-state index is 0.442. The molecular formula is C24H24N4. The van der Waals surface area contributed by atoms with Crippen molar-refractivity contribution >= 4 is 28.5 Å². The summed E-state index contributed by atoms with van der Waals surface area (Å²) in [4.78, 5) is 4.77. The largest absolute Gasteiger partial charge is 0.330 e. The van der Waals surface area contributed by atoms with Crippen LogP contribution in [0.5, 0.6) is 0 Å². The molecule has 1 atom stereocenters. The van der Waals surface area contributed by atoms with Crippen molar-refractivity contribution in [3.8, 4) is 0 Å². The molecule has 28 heavy (non-hydrogen) atoms. The van der Waals surface area contributed by atoms with Crippen LogP contribution >= 0.6 is 0 Å². The topological polar surface area (TPSA) is 44.9 Å². The van der Waals surface area contributed by atoms with E-state index in [4.69, 9.17) is 10.7 Å². The third kappa shape index (κ3) is 2.96. The summed E-state index contributed by atoms with van der Waals surface area (Å²) in [6.45, 7) is 2.47. The highest BCUT2D eigenvalue weighted by molar-refractivity contribution is 5.87. The average molecular weight is 368 g/mol. The molecule has 0 aliphatic carbocycles. The SMILES string of the molecule is NCC1CCN(N2C=NC(c3ccc4ccccc4c3)=CC2)c2ccccc21. The molecule has 4 heteroatoms. The lowest BCUT2D eigenvalue weighted by Crippen LogP contribution is -2.47. The highest BCUT2D eigenvalue weighted by Crippen LogP contribution is 2.35. The molecule has 5 rings (SSSR count). The summed E-state index contributed by atoms with van der Waals surface area (Å²) in [5, 5.41) is 7.04. The van der Waals surface area contributed by atoms with Crippen molar-refractivity contribution in [2.24, 2.45) is 10.7 Å². The van der Waals surface area contributed by atoms with E-state index in [0.717, 1.165) is 30.8 Å². The summed E-state index contributed by atoms with van der Waals surface area (Å²) < 4.78 is 0. The van der Waals surface area contributed by atoms with Gasteiger partial charge in [0.25, 0.3) is 0 Å². The second-order valence-electron chi connectivity index (χ2n) is 7.42. The van der Waals surface area contributed by atoms with Crippen LogP contribution in [-0.4, -0.2) is 31.0 Å². The first kappa shape index (κ1) is 17.0. The fraction of sp³-hybridized carbons (Fsp3) is 0.208. The maximum atomic E-state index is 6.00. The van der Waals surface area contributed by atoms with Crippen molar-refractivity contribution in [2.45, 2.75) is 12.3 Å². The van der Waals surface area contributed by atoms with Crippen LogP contribution in [0.4, 0.5) is 5.69 Å². The zero-order valence-corrected chi connectivity index (χ0v) is 15.8. The minimum Gasteiger partial charge on any atom is -0.330 e. The van der Waals surface area contributed by atoms with Gasteiger partial charge >= 0.3 is 0 Å². The smallest absolute Gasteiger partial charge is 0.110 e. The fourth-order valence-electron chi connectivity index (χ4n) is 4.24. The predicted molar refractivity (Wildman–Crippen MR) is 117 cm³/mol. The number of fused-ring (bicyclic) bond motifs is 2.